The molecule has 2 aromatic rings. The molecule has 0 aliphatic rings. The maximum Gasteiger partial charge on any atom is 0.246 e. The Morgan fingerprint density at radius 3 is 2.57 bits per heavy atom. The Balaban J connectivity index is 1.86. The number of benzene rings is 1. The van der Waals surface area contributed by atoms with Gasteiger partial charge in [-0.05, 0) is 58.4 Å². The van der Waals surface area contributed by atoms with E-state index in [2.05, 4.69) is 21.2 Å². The summed E-state index contributed by atoms with van der Waals surface area (Å²) in [4.78, 5) is 25.0. The quantitative estimate of drug-likeness (QED) is 0.809. The lowest BCUT2D eigenvalue weighted by atomic mass is 10.3. The van der Waals surface area contributed by atoms with Crippen molar-refractivity contribution in [3.63, 3.8) is 0 Å². The van der Waals surface area contributed by atoms with Gasteiger partial charge in [0.05, 0.1) is 6.54 Å². The first-order valence-electron chi connectivity index (χ1n) is 6.68. The highest BCUT2D eigenvalue weighted by Crippen LogP contribution is 2.15. The van der Waals surface area contributed by atoms with Crippen LogP contribution in [0.2, 0.25) is 0 Å². The number of rotatable bonds is 5. The molecule has 0 saturated carbocycles. The number of furan rings is 1. The third-order valence-electron chi connectivity index (χ3n) is 2.87. The Bertz CT molecular complexity index is 725. The van der Waals surface area contributed by atoms with Crippen molar-refractivity contribution in [3.8, 4) is 0 Å². The summed E-state index contributed by atoms with van der Waals surface area (Å²) in [5.74, 6) is -0.576. The van der Waals surface area contributed by atoms with Crippen molar-refractivity contribution >= 4 is 39.5 Å². The Kier molecular flexibility index (Phi) is 5.70. The summed E-state index contributed by atoms with van der Waals surface area (Å²) in [6, 6.07) is 8.80. The first-order chi connectivity index (χ1) is 10.9. The van der Waals surface area contributed by atoms with Gasteiger partial charge in [-0.3, -0.25) is 9.59 Å². The third-order valence-corrected chi connectivity index (χ3v) is 3.30. The molecule has 120 valence electrons. The van der Waals surface area contributed by atoms with E-state index in [4.69, 9.17) is 4.42 Å². The number of carbonyl (C=O) groups excluding carboxylic acids is 2. The summed E-state index contributed by atoms with van der Waals surface area (Å²) < 4.78 is 18.6. The van der Waals surface area contributed by atoms with Crippen molar-refractivity contribution < 1.29 is 18.4 Å². The molecule has 0 spiro atoms. The summed E-state index contributed by atoms with van der Waals surface area (Å²) in [6.45, 7) is -0.123. The number of carbonyl (C=O) groups is 2. The molecular weight excluding hydrogens is 367 g/mol. The van der Waals surface area contributed by atoms with Crippen LogP contribution < -0.4 is 5.32 Å². The second kappa shape index (κ2) is 7.73. The highest BCUT2D eigenvalue weighted by atomic mass is 79.9. The predicted octanol–water partition coefficient (Wildman–Crippen LogP) is 3.29. The average molecular weight is 381 g/mol. The minimum absolute atomic E-state index is 0.123. The summed E-state index contributed by atoms with van der Waals surface area (Å²) >= 11 is 3.16. The van der Waals surface area contributed by atoms with Crippen LogP contribution in [-0.2, 0) is 9.59 Å². The molecule has 0 saturated heterocycles. The number of anilines is 1. The second-order valence-corrected chi connectivity index (χ2v) is 5.51. The van der Waals surface area contributed by atoms with Gasteiger partial charge in [0.2, 0.25) is 11.8 Å². The monoisotopic (exact) mass is 380 g/mol. The molecule has 1 aromatic heterocycles. The van der Waals surface area contributed by atoms with Crippen molar-refractivity contribution in [3.05, 3.63) is 58.7 Å². The van der Waals surface area contributed by atoms with Crippen LogP contribution in [0.3, 0.4) is 0 Å². The van der Waals surface area contributed by atoms with Gasteiger partial charge in [-0.1, -0.05) is 0 Å². The van der Waals surface area contributed by atoms with Crippen molar-refractivity contribution in [2.75, 3.05) is 18.9 Å². The molecule has 2 amide bonds. The number of nitrogens with one attached hydrogen (secondary N) is 1. The predicted molar refractivity (Wildman–Crippen MR) is 88.1 cm³/mol. The normalized spacial score (nSPS) is 10.7. The molecule has 1 N–H and O–H groups in total. The summed E-state index contributed by atoms with van der Waals surface area (Å²) in [7, 11) is 1.51. The molecular formula is C16H14BrFN2O3. The van der Waals surface area contributed by atoms with Crippen LogP contribution in [0.25, 0.3) is 6.08 Å². The van der Waals surface area contributed by atoms with Gasteiger partial charge in [0, 0.05) is 18.8 Å². The molecule has 0 aliphatic heterocycles. The molecule has 5 nitrogen and oxygen atoms in total. The minimum atomic E-state index is -0.384. The zero-order valence-electron chi connectivity index (χ0n) is 12.3. The highest BCUT2D eigenvalue weighted by Gasteiger charge is 2.11. The minimum Gasteiger partial charge on any atom is -0.450 e. The molecule has 0 fully saturated rings. The SMILES string of the molecule is CN(CC(=O)Nc1ccc(F)cc1)C(=O)/C=C/c1ccc(Br)o1. The molecule has 1 heterocycles. The van der Waals surface area contributed by atoms with E-state index < -0.39 is 0 Å². The van der Waals surface area contributed by atoms with Crippen LogP contribution in [0, 0.1) is 5.82 Å². The van der Waals surface area contributed by atoms with Gasteiger partial charge in [0.25, 0.3) is 0 Å². The zero-order chi connectivity index (χ0) is 16.8. The standard InChI is InChI=1S/C16H14BrFN2O3/c1-20(16(22)9-7-13-6-8-14(17)23-13)10-15(21)19-12-4-2-11(18)3-5-12/h2-9H,10H2,1H3,(H,19,21)/b9-7+. The number of likely N-dealkylation sites (N-methyl/N-ethyl adjacent to an activating group) is 1. The van der Waals surface area contributed by atoms with Crippen LogP contribution in [0.5, 0.6) is 0 Å². The van der Waals surface area contributed by atoms with Gasteiger partial charge >= 0.3 is 0 Å². The number of hydrogen-bond donors (Lipinski definition) is 1. The summed E-state index contributed by atoms with van der Waals surface area (Å²) in [5, 5.41) is 2.58. The zero-order valence-corrected chi connectivity index (χ0v) is 13.8. The van der Waals surface area contributed by atoms with E-state index in [9.17, 15) is 14.0 Å². The lowest BCUT2D eigenvalue weighted by Crippen LogP contribution is -2.33. The van der Waals surface area contributed by atoms with E-state index in [-0.39, 0.29) is 24.2 Å². The highest BCUT2D eigenvalue weighted by molar-refractivity contribution is 9.10. The summed E-state index contributed by atoms with van der Waals surface area (Å²) in [6.07, 6.45) is 2.83. The fourth-order valence-electron chi connectivity index (χ4n) is 1.73. The van der Waals surface area contributed by atoms with Crippen molar-refractivity contribution in [2.24, 2.45) is 0 Å². The van der Waals surface area contributed by atoms with Gasteiger partial charge in [0.1, 0.15) is 11.6 Å². The Hall–Kier alpha value is -2.41. The molecule has 2 rings (SSSR count). The number of halogens is 2. The number of nitrogens with zero attached hydrogens (tertiary/aromatic N) is 1. The van der Waals surface area contributed by atoms with Gasteiger partial charge < -0.3 is 14.6 Å². The molecule has 0 unspecified atom stereocenters. The van der Waals surface area contributed by atoms with E-state index >= 15 is 0 Å². The fraction of sp³-hybridized carbons (Fsp3) is 0.125. The van der Waals surface area contributed by atoms with Gasteiger partial charge in [0.15, 0.2) is 4.67 Å². The Morgan fingerprint density at radius 1 is 1.26 bits per heavy atom. The third kappa shape index (κ3) is 5.37. The smallest absolute Gasteiger partial charge is 0.246 e. The van der Waals surface area contributed by atoms with Crippen molar-refractivity contribution in [1.29, 1.82) is 0 Å². The van der Waals surface area contributed by atoms with E-state index in [1.807, 2.05) is 0 Å². The van der Waals surface area contributed by atoms with Crippen LogP contribution in [-0.4, -0.2) is 30.3 Å². The molecule has 0 atom stereocenters. The summed E-state index contributed by atoms with van der Waals surface area (Å²) in [5.41, 5.74) is 0.466. The van der Waals surface area contributed by atoms with Crippen molar-refractivity contribution in [1.82, 2.24) is 4.90 Å². The van der Waals surface area contributed by atoms with Crippen molar-refractivity contribution in [2.45, 2.75) is 0 Å². The largest absolute Gasteiger partial charge is 0.450 e. The Morgan fingerprint density at radius 2 is 1.96 bits per heavy atom. The van der Waals surface area contributed by atoms with E-state index in [0.717, 1.165) is 0 Å². The van der Waals surface area contributed by atoms with E-state index in [0.29, 0.717) is 16.1 Å². The Labute approximate surface area is 140 Å². The van der Waals surface area contributed by atoms with E-state index in [1.54, 1.807) is 12.1 Å². The lowest BCUT2D eigenvalue weighted by Gasteiger charge is -2.14. The number of amides is 2. The topological polar surface area (TPSA) is 62.6 Å². The van der Waals surface area contributed by atoms with Gasteiger partial charge in [-0.15, -0.1) is 0 Å². The fourth-order valence-corrected chi connectivity index (χ4v) is 2.04. The first kappa shape index (κ1) is 17.0. The van der Waals surface area contributed by atoms with Crippen LogP contribution in [0.15, 0.2) is 51.6 Å². The van der Waals surface area contributed by atoms with Gasteiger partial charge in [-0.2, -0.15) is 0 Å². The molecule has 1 aromatic carbocycles. The van der Waals surface area contributed by atoms with E-state index in [1.165, 1.54) is 48.4 Å². The van der Waals surface area contributed by atoms with Crippen LogP contribution in [0.4, 0.5) is 10.1 Å². The van der Waals surface area contributed by atoms with Gasteiger partial charge in [-0.25, -0.2) is 4.39 Å². The maximum absolute atomic E-state index is 12.8. The van der Waals surface area contributed by atoms with Crippen LogP contribution >= 0.6 is 15.9 Å². The number of hydrogen-bond acceptors (Lipinski definition) is 3. The molecule has 23 heavy (non-hydrogen) atoms. The average Bonchev–Trinajstić information content (AvgIpc) is 2.92. The molecule has 0 aliphatic carbocycles. The molecule has 0 radical (unpaired) electrons. The van der Waals surface area contributed by atoms with Crippen LogP contribution in [0.1, 0.15) is 5.76 Å². The molecule has 7 heteroatoms. The second-order valence-electron chi connectivity index (χ2n) is 4.72. The first-order valence-corrected chi connectivity index (χ1v) is 7.47. The molecule has 0 bridgehead atoms. The maximum atomic E-state index is 12.8. The lowest BCUT2D eigenvalue weighted by molar-refractivity contribution is -0.129.